The van der Waals surface area contributed by atoms with Crippen molar-refractivity contribution in [1.29, 1.82) is 0 Å². The number of primary amides is 1. The number of benzene rings is 1. The Morgan fingerprint density at radius 2 is 1.96 bits per heavy atom. The summed E-state index contributed by atoms with van der Waals surface area (Å²) in [5.74, 6) is 0.0506. The zero-order valence-electron chi connectivity index (χ0n) is 15.3. The number of thiophene rings is 1. The van der Waals surface area contributed by atoms with Crippen LogP contribution in [0, 0.1) is 0 Å². The maximum absolute atomic E-state index is 12.7. The van der Waals surface area contributed by atoms with Gasteiger partial charge in [-0.3, -0.25) is 9.59 Å². The Bertz CT molecular complexity index is 976. The summed E-state index contributed by atoms with van der Waals surface area (Å²) in [5.41, 5.74) is 7.55. The van der Waals surface area contributed by atoms with Gasteiger partial charge in [0.25, 0.3) is 11.8 Å². The highest BCUT2D eigenvalue weighted by Gasteiger charge is 2.18. The lowest BCUT2D eigenvalue weighted by molar-refractivity contribution is 0.0936. The molecule has 3 rings (SSSR count). The number of carbonyl (C=O) groups excluding carboxylic acids is 2. The Balaban J connectivity index is 1.79. The average Bonchev–Trinajstić information content (AvgIpc) is 3.31. The van der Waals surface area contributed by atoms with E-state index in [4.69, 9.17) is 5.73 Å². The third-order valence-corrected chi connectivity index (χ3v) is 5.14. The summed E-state index contributed by atoms with van der Waals surface area (Å²) in [6.07, 6.45) is 1.66. The molecule has 2 heterocycles. The fraction of sp³-hybridized carbons (Fsp3) is 0.263. The molecular formula is C19H21N5O2S. The molecule has 0 spiro atoms. The van der Waals surface area contributed by atoms with E-state index in [0.29, 0.717) is 16.3 Å². The van der Waals surface area contributed by atoms with Gasteiger partial charge in [0, 0.05) is 11.6 Å². The van der Waals surface area contributed by atoms with E-state index in [-0.39, 0.29) is 18.0 Å². The summed E-state index contributed by atoms with van der Waals surface area (Å²) in [7, 11) is 0. The second-order valence-corrected chi connectivity index (χ2v) is 7.44. The lowest BCUT2D eigenvalue weighted by atomic mass is 10.0. The van der Waals surface area contributed by atoms with E-state index in [1.54, 1.807) is 24.5 Å². The first-order valence-corrected chi connectivity index (χ1v) is 9.44. The highest BCUT2D eigenvalue weighted by atomic mass is 32.1. The lowest BCUT2D eigenvalue weighted by Gasteiger charge is -2.17. The molecule has 1 atom stereocenters. The normalized spacial score (nSPS) is 12.1. The molecule has 1 aromatic carbocycles. The molecule has 140 valence electrons. The summed E-state index contributed by atoms with van der Waals surface area (Å²) < 4.78 is 1.93. The molecule has 0 unspecified atom stereocenters. The molecule has 2 aromatic heterocycles. The molecule has 0 fully saturated rings. The van der Waals surface area contributed by atoms with Gasteiger partial charge < -0.3 is 15.6 Å². The van der Waals surface area contributed by atoms with Crippen molar-refractivity contribution in [2.24, 2.45) is 5.73 Å². The van der Waals surface area contributed by atoms with Crippen molar-refractivity contribution in [2.75, 3.05) is 0 Å². The predicted molar refractivity (Wildman–Crippen MR) is 105 cm³/mol. The largest absolute Gasteiger partial charge is 0.365 e. The van der Waals surface area contributed by atoms with E-state index in [9.17, 15) is 9.59 Å². The van der Waals surface area contributed by atoms with Crippen LogP contribution in [0.5, 0.6) is 0 Å². The highest BCUT2D eigenvalue weighted by Crippen LogP contribution is 2.26. The van der Waals surface area contributed by atoms with Crippen LogP contribution in [-0.2, 0) is 0 Å². The van der Waals surface area contributed by atoms with Crippen molar-refractivity contribution in [3.8, 4) is 11.1 Å². The third kappa shape index (κ3) is 4.06. The number of aromatic nitrogens is 3. The minimum absolute atomic E-state index is 0.201. The summed E-state index contributed by atoms with van der Waals surface area (Å²) in [5, 5.41) is 12.9. The van der Waals surface area contributed by atoms with Gasteiger partial charge in [0.05, 0.1) is 10.9 Å². The van der Waals surface area contributed by atoms with Crippen LogP contribution < -0.4 is 11.1 Å². The van der Waals surface area contributed by atoms with E-state index in [1.165, 1.54) is 11.3 Å². The molecule has 0 aliphatic rings. The molecule has 2 amide bonds. The van der Waals surface area contributed by atoms with E-state index >= 15 is 0 Å². The molecule has 0 aliphatic heterocycles. The molecule has 0 saturated heterocycles. The first-order valence-electron chi connectivity index (χ1n) is 8.56. The molecule has 8 heteroatoms. The second kappa shape index (κ2) is 7.71. The number of hydrogen-bond donors (Lipinski definition) is 2. The van der Waals surface area contributed by atoms with Gasteiger partial charge in [-0.15, -0.1) is 21.5 Å². The van der Waals surface area contributed by atoms with Crippen LogP contribution in [-0.4, -0.2) is 26.6 Å². The van der Waals surface area contributed by atoms with Crippen LogP contribution in [0.15, 0.2) is 42.0 Å². The van der Waals surface area contributed by atoms with Gasteiger partial charge in [-0.05, 0) is 55.5 Å². The Morgan fingerprint density at radius 3 is 2.63 bits per heavy atom. The number of hydrogen-bond acceptors (Lipinski definition) is 5. The van der Waals surface area contributed by atoms with E-state index < -0.39 is 5.91 Å². The minimum atomic E-state index is -0.455. The van der Waals surface area contributed by atoms with Gasteiger partial charge >= 0.3 is 0 Å². The van der Waals surface area contributed by atoms with Crippen molar-refractivity contribution in [3.05, 3.63) is 58.3 Å². The van der Waals surface area contributed by atoms with Crippen LogP contribution in [0.1, 0.15) is 58.7 Å². The van der Waals surface area contributed by atoms with Crippen LogP contribution in [0.4, 0.5) is 0 Å². The Morgan fingerprint density at radius 1 is 1.19 bits per heavy atom. The summed E-state index contributed by atoms with van der Waals surface area (Å²) in [6, 6.07) is 8.90. The third-order valence-electron chi connectivity index (χ3n) is 4.19. The van der Waals surface area contributed by atoms with Crippen LogP contribution >= 0.6 is 11.3 Å². The molecule has 0 radical (unpaired) electrons. The van der Waals surface area contributed by atoms with E-state index in [2.05, 4.69) is 15.5 Å². The summed E-state index contributed by atoms with van der Waals surface area (Å²) >= 11 is 1.29. The first kappa shape index (κ1) is 18.8. The van der Waals surface area contributed by atoms with E-state index in [1.807, 2.05) is 42.9 Å². The molecule has 7 nitrogen and oxygen atoms in total. The molecule has 3 aromatic rings. The summed E-state index contributed by atoms with van der Waals surface area (Å²) in [6.45, 7) is 5.95. The Labute approximate surface area is 161 Å². The topological polar surface area (TPSA) is 103 Å². The molecule has 27 heavy (non-hydrogen) atoms. The molecule has 3 N–H and O–H groups in total. The van der Waals surface area contributed by atoms with Gasteiger partial charge in [-0.2, -0.15) is 0 Å². The monoisotopic (exact) mass is 383 g/mol. The van der Waals surface area contributed by atoms with Crippen LogP contribution in [0.2, 0.25) is 0 Å². The first-order chi connectivity index (χ1) is 12.9. The number of nitrogens with one attached hydrogen (secondary N) is 1. The molecule has 0 saturated carbocycles. The number of carbonyl (C=O) groups is 2. The van der Waals surface area contributed by atoms with Gasteiger partial charge in [0.15, 0.2) is 5.82 Å². The van der Waals surface area contributed by atoms with Crippen LogP contribution in [0.3, 0.4) is 0 Å². The van der Waals surface area contributed by atoms with Gasteiger partial charge in [-0.1, -0.05) is 12.1 Å². The number of nitrogens with zero attached hydrogens (tertiary/aromatic N) is 3. The number of amides is 2. The Hall–Kier alpha value is -3.00. The molecular weight excluding hydrogens is 362 g/mol. The lowest BCUT2D eigenvalue weighted by Crippen LogP contribution is -2.29. The number of nitrogens with two attached hydrogens (primary N) is 1. The predicted octanol–water partition coefficient (Wildman–Crippen LogP) is 3.18. The maximum atomic E-state index is 12.7. The Kier molecular flexibility index (Phi) is 5.36. The number of rotatable bonds is 6. The highest BCUT2D eigenvalue weighted by molar-refractivity contribution is 7.12. The maximum Gasteiger partial charge on any atom is 0.258 e. The smallest absolute Gasteiger partial charge is 0.258 e. The standard InChI is InChI=1S/C19H21N5O2S/c1-11(2)24-10-21-23-18(24)12(3)22-19(26)14-6-4-5-13(7-14)15-8-16(17(20)25)27-9-15/h4-12H,1-3H3,(H2,20,25)(H,22,26)/t12-/m1/s1. The fourth-order valence-electron chi connectivity index (χ4n) is 2.76. The second-order valence-electron chi connectivity index (χ2n) is 6.53. The van der Waals surface area contributed by atoms with Crippen molar-refractivity contribution in [3.63, 3.8) is 0 Å². The quantitative estimate of drug-likeness (QED) is 0.682. The van der Waals surface area contributed by atoms with Crippen molar-refractivity contribution in [1.82, 2.24) is 20.1 Å². The minimum Gasteiger partial charge on any atom is -0.365 e. The van der Waals surface area contributed by atoms with Crippen molar-refractivity contribution in [2.45, 2.75) is 32.9 Å². The van der Waals surface area contributed by atoms with E-state index in [0.717, 1.165) is 11.1 Å². The van der Waals surface area contributed by atoms with Crippen molar-refractivity contribution >= 4 is 23.2 Å². The van der Waals surface area contributed by atoms with Crippen LogP contribution in [0.25, 0.3) is 11.1 Å². The van der Waals surface area contributed by atoms with Crippen molar-refractivity contribution < 1.29 is 9.59 Å². The van der Waals surface area contributed by atoms with Gasteiger partial charge in [0.1, 0.15) is 6.33 Å². The zero-order valence-corrected chi connectivity index (χ0v) is 16.2. The average molecular weight is 383 g/mol. The summed E-state index contributed by atoms with van der Waals surface area (Å²) in [4.78, 5) is 24.5. The SMILES string of the molecule is CC(C)n1cnnc1[C@@H](C)NC(=O)c1cccc(-c2csc(C(N)=O)c2)c1. The fourth-order valence-corrected chi connectivity index (χ4v) is 3.53. The molecule has 0 aliphatic carbocycles. The molecule has 0 bridgehead atoms. The van der Waals surface area contributed by atoms with Gasteiger partial charge in [0.2, 0.25) is 0 Å². The zero-order chi connectivity index (χ0) is 19.6. The van der Waals surface area contributed by atoms with Gasteiger partial charge in [-0.25, -0.2) is 0 Å².